The van der Waals surface area contributed by atoms with Gasteiger partial charge >= 0.3 is 0 Å². The van der Waals surface area contributed by atoms with E-state index < -0.39 is 16.7 Å². The number of nitrogens with one attached hydrogen (secondary N) is 1. The second kappa shape index (κ2) is 8.19. The third-order valence-electron chi connectivity index (χ3n) is 3.74. The molecule has 0 radical (unpaired) electrons. The summed E-state index contributed by atoms with van der Waals surface area (Å²) in [4.78, 5) is 35.8. The Labute approximate surface area is 169 Å². The average Bonchev–Trinajstić information content (AvgIpc) is 2.95. The molecule has 0 spiro atoms. The van der Waals surface area contributed by atoms with Crippen molar-refractivity contribution in [2.24, 2.45) is 0 Å². The molecule has 142 valence electrons. The molecule has 1 aliphatic heterocycles. The number of carbonyl (C=O) groups is 2. The molecule has 1 fully saturated rings. The molecule has 0 aromatic heterocycles. The first-order valence-corrected chi connectivity index (χ1v) is 9.09. The Balaban J connectivity index is 1.81. The smallest absolute Gasteiger partial charge is 0.285 e. The number of para-hydroxylation sites is 1. The van der Waals surface area contributed by atoms with Crippen LogP contribution in [0.5, 0.6) is 5.75 Å². The van der Waals surface area contributed by atoms with Crippen LogP contribution in [0.3, 0.4) is 0 Å². The highest BCUT2D eigenvalue weighted by Gasteiger charge is 2.34. The number of methoxy groups -OCH3 is 1. The van der Waals surface area contributed by atoms with Gasteiger partial charge in [0, 0.05) is 12.1 Å². The molecule has 1 saturated heterocycles. The lowest BCUT2D eigenvalue weighted by molar-refractivity contribution is -0.384. The number of hydrogen-bond donors (Lipinski definition) is 1. The van der Waals surface area contributed by atoms with Crippen LogP contribution >= 0.6 is 24.0 Å². The standard InChI is InChI=1S/C18H13N3O5S2/c1-26-14-8-3-2-7-13(14)16(22)19-20-17(23)15(28-18(20)27)10-11-5-4-6-12(9-11)21(24)25/h2-10H,1H3,(H,19,22)/b15-10+. The van der Waals surface area contributed by atoms with Gasteiger partial charge in [0.05, 0.1) is 22.5 Å². The van der Waals surface area contributed by atoms with Gasteiger partial charge < -0.3 is 4.74 Å². The number of amides is 2. The van der Waals surface area contributed by atoms with Gasteiger partial charge in [-0.3, -0.25) is 25.1 Å². The Morgan fingerprint density at radius 1 is 1.29 bits per heavy atom. The van der Waals surface area contributed by atoms with Gasteiger partial charge in [0.25, 0.3) is 17.5 Å². The van der Waals surface area contributed by atoms with E-state index in [2.05, 4.69) is 5.43 Å². The van der Waals surface area contributed by atoms with E-state index in [1.807, 2.05) is 0 Å². The summed E-state index contributed by atoms with van der Waals surface area (Å²) in [5.41, 5.74) is 3.11. The van der Waals surface area contributed by atoms with Crippen LogP contribution in [0, 0.1) is 10.1 Å². The van der Waals surface area contributed by atoms with Gasteiger partial charge in [-0.05, 0) is 36.0 Å². The largest absolute Gasteiger partial charge is 0.496 e. The average molecular weight is 415 g/mol. The molecule has 0 unspecified atom stereocenters. The van der Waals surface area contributed by atoms with Crippen LogP contribution in [-0.2, 0) is 4.79 Å². The molecule has 3 rings (SSSR count). The number of carbonyl (C=O) groups excluding carboxylic acids is 2. The third-order valence-corrected chi connectivity index (χ3v) is 5.04. The summed E-state index contributed by atoms with van der Waals surface area (Å²) in [5, 5.41) is 11.9. The SMILES string of the molecule is COc1ccccc1C(=O)NN1C(=O)/C(=C\c2cccc([N+](=O)[O-])c2)SC1=S. The van der Waals surface area contributed by atoms with Crippen molar-refractivity contribution in [3.05, 3.63) is 74.7 Å². The highest BCUT2D eigenvalue weighted by atomic mass is 32.2. The molecule has 0 aliphatic carbocycles. The zero-order chi connectivity index (χ0) is 20.3. The minimum Gasteiger partial charge on any atom is -0.496 e. The molecule has 2 aromatic carbocycles. The number of nitro benzene ring substituents is 1. The summed E-state index contributed by atoms with van der Waals surface area (Å²) in [7, 11) is 1.44. The van der Waals surface area contributed by atoms with Crippen LogP contribution in [0.15, 0.2) is 53.4 Å². The lowest BCUT2D eigenvalue weighted by Gasteiger charge is -2.16. The fraction of sp³-hybridized carbons (Fsp3) is 0.0556. The van der Waals surface area contributed by atoms with Crippen molar-refractivity contribution in [1.82, 2.24) is 10.4 Å². The molecule has 2 aromatic rings. The fourth-order valence-electron chi connectivity index (χ4n) is 2.44. The Morgan fingerprint density at radius 3 is 2.75 bits per heavy atom. The lowest BCUT2D eigenvalue weighted by Crippen LogP contribution is -2.44. The van der Waals surface area contributed by atoms with E-state index >= 15 is 0 Å². The number of nitrogens with zero attached hydrogens (tertiary/aromatic N) is 2. The highest BCUT2D eigenvalue weighted by Crippen LogP contribution is 2.32. The predicted octanol–water partition coefficient (Wildman–Crippen LogP) is 3.15. The van der Waals surface area contributed by atoms with Crippen molar-refractivity contribution >= 4 is 51.9 Å². The molecule has 1 heterocycles. The molecular formula is C18H13N3O5S2. The van der Waals surface area contributed by atoms with Gasteiger partial charge in [-0.1, -0.05) is 36.0 Å². The first-order chi connectivity index (χ1) is 13.4. The van der Waals surface area contributed by atoms with Crippen molar-refractivity contribution in [2.75, 3.05) is 7.11 Å². The lowest BCUT2D eigenvalue weighted by atomic mass is 10.2. The molecule has 1 N–H and O–H groups in total. The summed E-state index contributed by atoms with van der Waals surface area (Å²) >= 11 is 6.17. The predicted molar refractivity (Wildman–Crippen MR) is 109 cm³/mol. The minimum atomic E-state index is -0.551. The number of thiocarbonyl (C=S) groups is 1. The zero-order valence-electron chi connectivity index (χ0n) is 14.4. The highest BCUT2D eigenvalue weighted by molar-refractivity contribution is 8.26. The van der Waals surface area contributed by atoms with E-state index in [1.54, 1.807) is 30.3 Å². The van der Waals surface area contributed by atoms with E-state index in [1.165, 1.54) is 31.4 Å². The summed E-state index contributed by atoms with van der Waals surface area (Å²) in [6.45, 7) is 0. The summed E-state index contributed by atoms with van der Waals surface area (Å²) in [6, 6.07) is 12.4. The zero-order valence-corrected chi connectivity index (χ0v) is 16.1. The summed E-state index contributed by atoms with van der Waals surface area (Å²) in [5.74, 6) is -0.715. The summed E-state index contributed by atoms with van der Waals surface area (Å²) < 4.78 is 5.29. The molecule has 2 amide bonds. The number of hydrazine groups is 1. The second-order valence-electron chi connectivity index (χ2n) is 5.51. The number of non-ortho nitro benzene ring substituents is 1. The van der Waals surface area contributed by atoms with Gasteiger partial charge in [-0.15, -0.1) is 0 Å². The molecular weight excluding hydrogens is 402 g/mol. The maximum absolute atomic E-state index is 12.6. The normalized spacial score (nSPS) is 15.0. The topological polar surface area (TPSA) is 102 Å². The van der Waals surface area contributed by atoms with Crippen molar-refractivity contribution in [3.8, 4) is 5.75 Å². The quantitative estimate of drug-likeness (QED) is 0.346. The van der Waals surface area contributed by atoms with Gasteiger partial charge in [-0.2, -0.15) is 5.01 Å². The summed E-state index contributed by atoms with van der Waals surface area (Å²) in [6.07, 6.45) is 1.49. The Bertz CT molecular complexity index is 1020. The third kappa shape index (κ3) is 4.02. The van der Waals surface area contributed by atoms with Crippen LogP contribution in [0.2, 0.25) is 0 Å². The monoisotopic (exact) mass is 415 g/mol. The number of hydrogen-bond acceptors (Lipinski definition) is 7. The van der Waals surface area contributed by atoms with E-state index in [9.17, 15) is 19.7 Å². The van der Waals surface area contributed by atoms with Crippen LogP contribution in [0.1, 0.15) is 15.9 Å². The van der Waals surface area contributed by atoms with E-state index in [4.69, 9.17) is 17.0 Å². The van der Waals surface area contributed by atoms with Crippen LogP contribution < -0.4 is 10.2 Å². The van der Waals surface area contributed by atoms with E-state index in [-0.39, 0.29) is 20.5 Å². The second-order valence-corrected chi connectivity index (χ2v) is 7.19. The van der Waals surface area contributed by atoms with Gasteiger partial charge in [0.2, 0.25) is 0 Å². The molecule has 1 aliphatic rings. The number of benzene rings is 2. The van der Waals surface area contributed by atoms with Crippen molar-refractivity contribution in [3.63, 3.8) is 0 Å². The van der Waals surface area contributed by atoms with Gasteiger partial charge in [0.15, 0.2) is 4.32 Å². The Morgan fingerprint density at radius 2 is 2.04 bits per heavy atom. The van der Waals surface area contributed by atoms with Gasteiger partial charge in [-0.25, -0.2) is 0 Å². The van der Waals surface area contributed by atoms with Crippen molar-refractivity contribution in [2.45, 2.75) is 0 Å². The van der Waals surface area contributed by atoms with E-state index in [0.717, 1.165) is 16.8 Å². The molecule has 0 bridgehead atoms. The molecule has 0 atom stereocenters. The molecule has 10 heteroatoms. The van der Waals surface area contributed by atoms with E-state index in [0.29, 0.717) is 11.3 Å². The number of rotatable bonds is 5. The first kappa shape index (κ1) is 19.5. The number of nitro groups is 1. The van der Waals surface area contributed by atoms with Crippen LogP contribution in [0.25, 0.3) is 6.08 Å². The fourth-order valence-corrected chi connectivity index (χ4v) is 3.62. The maximum Gasteiger partial charge on any atom is 0.285 e. The van der Waals surface area contributed by atoms with Gasteiger partial charge in [0.1, 0.15) is 5.75 Å². The molecule has 28 heavy (non-hydrogen) atoms. The Kier molecular flexibility index (Phi) is 5.71. The molecule has 0 saturated carbocycles. The van der Waals surface area contributed by atoms with Crippen LogP contribution in [0.4, 0.5) is 5.69 Å². The number of ether oxygens (including phenoxy) is 1. The van der Waals surface area contributed by atoms with Crippen molar-refractivity contribution in [1.29, 1.82) is 0 Å². The van der Waals surface area contributed by atoms with Crippen LogP contribution in [-0.4, -0.2) is 33.2 Å². The number of thioether (sulfide) groups is 1. The Hall–Kier alpha value is -3.24. The maximum atomic E-state index is 12.6. The van der Waals surface area contributed by atoms with Crippen molar-refractivity contribution < 1.29 is 19.2 Å². The molecule has 8 nitrogen and oxygen atoms in total. The minimum absolute atomic E-state index is 0.0892. The first-order valence-electron chi connectivity index (χ1n) is 7.87.